The van der Waals surface area contributed by atoms with E-state index in [1.165, 1.54) is 0 Å². The number of hydrogen-bond donors (Lipinski definition) is 2. The summed E-state index contributed by atoms with van der Waals surface area (Å²) in [7, 11) is 0. The maximum absolute atomic E-state index is 12.9. The van der Waals surface area contributed by atoms with Crippen LogP contribution in [-0.2, 0) is 13.0 Å². The highest BCUT2D eigenvalue weighted by Crippen LogP contribution is 2.26. The molecular weight excluding hydrogens is 416 g/mol. The van der Waals surface area contributed by atoms with Crippen LogP contribution in [0.5, 0.6) is 11.5 Å². The lowest BCUT2D eigenvalue weighted by molar-refractivity contribution is 0.0734. The molecule has 0 bridgehead atoms. The average Bonchev–Trinajstić information content (AvgIpc) is 3.27. The summed E-state index contributed by atoms with van der Waals surface area (Å²) < 4.78 is 5.83. The number of aromatic nitrogens is 2. The predicted octanol–water partition coefficient (Wildman–Crippen LogP) is 4.65. The first-order chi connectivity index (χ1) is 16.2. The molecule has 2 amide bonds. The summed E-state index contributed by atoms with van der Waals surface area (Å²) >= 11 is 0. The van der Waals surface area contributed by atoms with E-state index >= 15 is 0 Å². The lowest BCUT2D eigenvalue weighted by Crippen LogP contribution is -2.36. The standard InChI is InChI=1S/C26H22N4O3/c31-25(19-10-7-13-21(16-19)33-20-11-5-2-6-12-20)27-24-22-17-30(15-14-23(22)28-29-24)26(32)18-8-3-1-4-9-18/h1-13,16H,14-15,17H2,(H2,27,28,29,31). The van der Waals surface area contributed by atoms with Crippen molar-refractivity contribution in [3.05, 3.63) is 107 Å². The monoisotopic (exact) mass is 438 g/mol. The zero-order chi connectivity index (χ0) is 22.6. The molecule has 0 saturated carbocycles. The second kappa shape index (κ2) is 9.00. The van der Waals surface area contributed by atoms with E-state index in [0.717, 1.165) is 11.3 Å². The Labute approximate surface area is 191 Å². The first-order valence-corrected chi connectivity index (χ1v) is 10.7. The summed E-state index contributed by atoms with van der Waals surface area (Å²) in [5.41, 5.74) is 2.80. The minimum Gasteiger partial charge on any atom is -0.457 e. The highest BCUT2D eigenvalue weighted by Gasteiger charge is 2.26. The summed E-state index contributed by atoms with van der Waals surface area (Å²) in [6.07, 6.45) is 0.626. The Balaban J connectivity index is 1.30. The average molecular weight is 438 g/mol. The molecule has 2 N–H and O–H groups in total. The van der Waals surface area contributed by atoms with Gasteiger partial charge in [-0.1, -0.05) is 42.5 Å². The third-order valence-electron chi connectivity index (χ3n) is 5.54. The number of para-hydroxylation sites is 1. The van der Waals surface area contributed by atoms with Crippen molar-refractivity contribution in [2.75, 3.05) is 11.9 Å². The number of hydrogen-bond acceptors (Lipinski definition) is 4. The van der Waals surface area contributed by atoms with E-state index in [1.54, 1.807) is 41.3 Å². The molecule has 4 aromatic rings. The van der Waals surface area contributed by atoms with Crippen molar-refractivity contribution in [1.29, 1.82) is 0 Å². The van der Waals surface area contributed by atoms with Gasteiger partial charge < -0.3 is 15.0 Å². The highest BCUT2D eigenvalue weighted by atomic mass is 16.5. The molecule has 5 rings (SSSR count). The van der Waals surface area contributed by atoms with Crippen LogP contribution in [0.25, 0.3) is 0 Å². The van der Waals surface area contributed by atoms with Gasteiger partial charge in [0.1, 0.15) is 17.3 Å². The van der Waals surface area contributed by atoms with Crippen LogP contribution in [0.4, 0.5) is 5.82 Å². The fraction of sp³-hybridized carbons (Fsp3) is 0.115. The van der Waals surface area contributed by atoms with Crippen LogP contribution in [0.3, 0.4) is 0 Å². The lowest BCUT2D eigenvalue weighted by Gasteiger charge is -2.27. The molecule has 0 fully saturated rings. The van der Waals surface area contributed by atoms with Gasteiger partial charge in [-0.15, -0.1) is 0 Å². The zero-order valence-corrected chi connectivity index (χ0v) is 17.8. The Morgan fingerprint density at radius 2 is 1.58 bits per heavy atom. The van der Waals surface area contributed by atoms with Crippen LogP contribution in [0.2, 0.25) is 0 Å². The zero-order valence-electron chi connectivity index (χ0n) is 17.8. The van der Waals surface area contributed by atoms with Crippen molar-refractivity contribution in [2.45, 2.75) is 13.0 Å². The molecule has 3 aromatic carbocycles. The molecular formula is C26H22N4O3. The fourth-order valence-electron chi connectivity index (χ4n) is 3.84. The topological polar surface area (TPSA) is 87.3 Å². The third-order valence-corrected chi connectivity index (χ3v) is 5.54. The minimum absolute atomic E-state index is 0.0366. The molecule has 0 aliphatic carbocycles. The molecule has 0 atom stereocenters. The Kier molecular flexibility index (Phi) is 5.59. The number of H-pyrrole nitrogens is 1. The summed E-state index contributed by atoms with van der Waals surface area (Å²) in [4.78, 5) is 27.6. The van der Waals surface area contributed by atoms with Crippen LogP contribution in [0.15, 0.2) is 84.9 Å². The molecule has 7 heteroatoms. The second-order valence-electron chi connectivity index (χ2n) is 7.76. The highest BCUT2D eigenvalue weighted by molar-refractivity contribution is 6.04. The third kappa shape index (κ3) is 4.48. The van der Waals surface area contributed by atoms with E-state index in [0.29, 0.717) is 48.0 Å². The van der Waals surface area contributed by atoms with Gasteiger partial charge in [0.05, 0.1) is 12.2 Å². The minimum atomic E-state index is -0.286. The molecule has 2 heterocycles. The quantitative estimate of drug-likeness (QED) is 0.475. The number of aromatic amines is 1. The first-order valence-electron chi connectivity index (χ1n) is 10.7. The molecule has 0 radical (unpaired) electrons. The Morgan fingerprint density at radius 3 is 2.36 bits per heavy atom. The summed E-state index contributed by atoms with van der Waals surface area (Å²) in [5, 5.41) is 10.2. The summed E-state index contributed by atoms with van der Waals surface area (Å²) in [6.45, 7) is 0.962. The number of nitrogens with zero attached hydrogens (tertiary/aromatic N) is 2. The van der Waals surface area contributed by atoms with Crippen LogP contribution in [-0.4, -0.2) is 33.5 Å². The van der Waals surface area contributed by atoms with Crippen molar-refractivity contribution in [3.63, 3.8) is 0 Å². The molecule has 0 unspecified atom stereocenters. The van der Waals surface area contributed by atoms with E-state index in [4.69, 9.17) is 4.74 Å². The van der Waals surface area contributed by atoms with Gasteiger partial charge in [-0.05, 0) is 42.5 Å². The van der Waals surface area contributed by atoms with Crippen LogP contribution >= 0.6 is 0 Å². The maximum atomic E-state index is 12.9. The number of fused-ring (bicyclic) bond motifs is 1. The van der Waals surface area contributed by atoms with Gasteiger partial charge in [-0.3, -0.25) is 14.7 Å². The number of carbonyl (C=O) groups excluding carboxylic acids is 2. The number of nitrogens with one attached hydrogen (secondary N) is 2. The number of anilines is 1. The molecule has 7 nitrogen and oxygen atoms in total. The smallest absolute Gasteiger partial charge is 0.256 e. The van der Waals surface area contributed by atoms with Gasteiger partial charge in [0.25, 0.3) is 11.8 Å². The molecule has 0 spiro atoms. The van der Waals surface area contributed by atoms with Crippen LogP contribution in [0, 0.1) is 0 Å². The first kappa shape index (κ1) is 20.5. The molecule has 1 aliphatic rings. The van der Waals surface area contributed by atoms with Crippen LogP contribution < -0.4 is 10.1 Å². The van der Waals surface area contributed by atoms with Gasteiger partial charge in [0, 0.05) is 29.7 Å². The number of amides is 2. The largest absolute Gasteiger partial charge is 0.457 e. The van der Waals surface area contributed by atoms with Crippen LogP contribution in [0.1, 0.15) is 32.0 Å². The number of ether oxygens (including phenoxy) is 1. The molecule has 164 valence electrons. The number of rotatable bonds is 5. The van der Waals surface area contributed by atoms with Crippen molar-refractivity contribution in [3.8, 4) is 11.5 Å². The van der Waals surface area contributed by atoms with Gasteiger partial charge >= 0.3 is 0 Å². The maximum Gasteiger partial charge on any atom is 0.256 e. The normalized spacial score (nSPS) is 12.7. The number of benzene rings is 3. The molecule has 1 aliphatic heterocycles. The number of carbonyl (C=O) groups is 2. The lowest BCUT2D eigenvalue weighted by atomic mass is 10.1. The van der Waals surface area contributed by atoms with Crippen molar-refractivity contribution >= 4 is 17.6 Å². The molecule has 0 saturated heterocycles. The second-order valence-corrected chi connectivity index (χ2v) is 7.76. The Bertz CT molecular complexity index is 1290. The molecule has 33 heavy (non-hydrogen) atoms. The van der Waals surface area contributed by atoms with E-state index in [2.05, 4.69) is 15.5 Å². The summed E-state index contributed by atoms with van der Waals surface area (Å²) in [6, 6.07) is 25.6. The molecule has 1 aromatic heterocycles. The summed E-state index contributed by atoms with van der Waals surface area (Å²) in [5.74, 6) is 1.45. The van der Waals surface area contributed by atoms with E-state index < -0.39 is 0 Å². The van der Waals surface area contributed by atoms with Gasteiger partial charge in [-0.2, -0.15) is 5.10 Å². The van der Waals surface area contributed by atoms with Gasteiger partial charge in [0.2, 0.25) is 0 Å². The van der Waals surface area contributed by atoms with Crippen molar-refractivity contribution in [2.24, 2.45) is 0 Å². The van der Waals surface area contributed by atoms with Gasteiger partial charge in [0.15, 0.2) is 0 Å². The van der Waals surface area contributed by atoms with E-state index in [1.807, 2.05) is 48.5 Å². The Morgan fingerprint density at radius 1 is 0.879 bits per heavy atom. The predicted molar refractivity (Wildman–Crippen MR) is 124 cm³/mol. The SMILES string of the molecule is O=C(Nc1[nH]nc2c1CN(C(=O)c1ccccc1)CC2)c1cccc(Oc2ccccc2)c1. The van der Waals surface area contributed by atoms with Gasteiger partial charge in [-0.25, -0.2) is 0 Å². The van der Waals surface area contributed by atoms with E-state index in [9.17, 15) is 9.59 Å². The Hall–Kier alpha value is -4.39. The van der Waals surface area contributed by atoms with E-state index in [-0.39, 0.29) is 11.8 Å². The van der Waals surface area contributed by atoms with Crippen molar-refractivity contribution in [1.82, 2.24) is 15.1 Å². The van der Waals surface area contributed by atoms with Crippen molar-refractivity contribution < 1.29 is 14.3 Å². The fourth-order valence-corrected chi connectivity index (χ4v) is 3.84.